The number of benzene rings is 1. The van der Waals surface area contributed by atoms with Crippen LogP contribution in [0.15, 0.2) is 42.6 Å². The molecule has 2 aromatic heterocycles. The Morgan fingerprint density at radius 1 is 0.451 bits per heavy atom. The number of fused-ring (bicyclic) bond motifs is 1. The van der Waals surface area contributed by atoms with Crippen LogP contribution in [0.4, 0.5) is 26.0 Å². The number of pyridine rings is 2. The lowest BCUT2D eigenvalue weighted by molar-refractivity contribution is -0.0885. The third-order valence-corrected chi connectivity index (χ3v) is 18.9. The number of hydrogen-bond donors (Lipinski definition) is 2. The maximum atomic E-state index is 15.0. The van der Waals surface area contributed by atoms with Gasteiger partial charge in [-0.15, -0.1) is 0 Å². The molecule has 1 atom stereocenters. The molecular formula is C73H119F2N5O2. The zero-order valence-corrected chi connectivity index (χ0v) is 52.3. The molecule has 0 saturated carbocycles. The highest BCUT2D eigenvalue weighted by atomic mass is 19.1. The predicted octanol–water partition coefficient (Wildman–Crippen LogP) is 22.9. The van der Waals surface area contributed by atoms with Crippen molar-refractivity contribution in [3.05, 3.63) is 65.5 Å². The van der Waals surface area contributed by atoms with Gasteiger partial charge in [-0.2, -0.15) is 0 Å². The van der Waals surface area contributed by atoms with Crippen molar-refractivity contribution in [2.75, 3.05) is 29.9 Å². The summed E-state index contributed by atoms with van der Waals surface area (Å²) in [6.45, 7) is 2.95. The highest BCUT2D eigenvalue weighted by Gasteiger charge is 2.33. The standard InChI is InChI=1S/C73H119F2N5O2/c74-64-50-49-51-65(75)70(64)66-60-67(71-68(78-66)62-77-72(71)81)79-69-53-52-63(61-76-69)80-57-47-44-42-40-38-36-34-32-30-28-26-24-22-20-18-16-14-12-10-8-6-4-2-1-3-5-7-9-11-13-15-17-19-21-23-25-27-29-31-33-35-37-39-41-43-45-54-73(56-58-80)55-46-48-59-82-73/h49-53,60-61H,1-48,54-59,62H2,(H,77,81)(H,76,78,79). The molecule has 2 fully saturated rings. The molecule has 3 aromatic rings. The summed E-state index contributed by atoms with van der Waals surface area (Å²) in [6.07, 6.45) is 72.6. The van der Waals surface area contributed by atoms with E-state index in [1.165, 1.54) is 314 Å². The number of anilines is 3. The van der Waals surface area contributed by atoms with Crippen molar-refractivity contribution < 1.29 is 18.3 Å². The Labute approximate surface area is 500 Å². The van der Waals surface area contributed by atoms with Crippen LogP contribution in [0.2, 0.25) is 0 Å². The molecule has 82 heavy (non-hydrogen) atoms. The first-order chi connectivity index (χ1) is 40.5. The van der Waals surface area contributed by atoms with Gasteiger partial charge in [0.25, 0.3) is 5.91 Å². The average molecular weight is 1140 g/mol. The van der Waals surface area contributed by atoms with E-state index in [9.17, 15) is 13.6 Å². The Kier molecular flexibility index (Phi) is 35.5. The Morgan fingerprint density at radius 2 is 0.841 bits per heavy atom. The molecule has 0 aliphatic carbocycles. The summed E-state index contributed by atoms with van der Waals surface area (Å²) in [5.41, 5.74) is 2.20. The molecule has 7 nitrogen and oxygen atoms in total. The summed E-state index contributed by atoms with van der Waals surface area (Å²) in [5.74, 6) is -1.11. The zero-order chi connectivity index (χ0) is 57.2. The van der Waals surface area contributed by atoms with Gasteiger partial charge in [0.2, 0.25) is 0 Å². The van der Waals surface area contributed by atoms with Gasteiger partial charge in [-0.25, -0.2) is 18.7 Å². The second-order valence-corrected chi connectivity index (χ2v) is 25.9. The fourth-order valence-electron chi connectivity index (χ4n) is 13.7. The lowest BCUT2D eigenvalue weighted by Gasteiger charge is -2.39. The van der Waals surface area contributed by atoms with Crippen molar-refractivity contribution in [1.82, 2.24) is 15.3 Å². The smallest absolute Gasteiger partial charge is 0.255 e. The molecule has 9 heteroatoms. The Morgan fingerprint density at radius 3 is 1.23 bits per heavy atom. The minimum atomic E-state index is -0.698. The first-order valence-electron chi connectivity index (χ1n) is 35.4. The van der Waals surface area contributed by atoms with Gasteiger partial charge in [0.1, 0.15) is 17.5 Å². The third kappa shape index (κ3) is 27.6. The number of carbonyl (C=O) groups is 1. The number of nitrogens with one attached hydrogen (secondary N) is 2. The van der Waals surface area contributed by atoms with E-state index in [-0.39, 0.29) is 29.3 Å². The van der Waals surface area contributed by atoms with Crippen LogP contribution in [0.25, 0.3) is 11.3 Å². The highest BCUT2D eigenvalue weighted by Crippen LogP contribution is 2.36. The van der Waals surface area contributed by atoms with Crippen molar-refractivity contribution in [3.8, 4) is 11.3 Å². The normalized spacial score (nSPS) is 22.9. The van der Waals surface area contributed by atoms with Gasteiger partial charge in [-0.3, -0.25) is 4.79 Å². The zero-order valence-electron chi connectivity index (χ0n) is 52.3. The molecule has 2 saturated heterocycles. The Bertz CT molecular complexity index is 2070. The monoisotopic (exact) mass is 1140 g/mol. The molecule has 1 unspecified atom stereocenters. The molecule has 6 rings (SSSR count). The molecule has 0 bridgehead atoms. The molecule has 1 aromatic carbocycles. The SMILES string of the molecule is O=C1NCc2nc(-c3c(F)cccc3F)cc(Nc3ccc(N4CCCCCCCCCCCCCCCCCCCCCCCCCCCCCCCCCCCCCCCCCCCCCCCCC5(CCCCO5)CC4)cn3)c21. The van der Waals surface area contributed by atoms with Crippen LogP contribution < -0.4 is 15.5 Å². The minimum Gasteiger partial charge on any atom is -0.375 e. The maximum Gasteiger partial charge on any atom is 0.255 e. The van der Waals surface area contributed by atoms with Crippen LogP contribution in [0, 0.1) is 11.6 Å². The van der Waals surface area contributed by atoms with E-state index in [2.05, 4.69) is 26.6 Å². The Balaban J connectivity index is 0.949. The molecule has 1 spiro atoms. The van der Waals surface area contributed by atoms with Crippen LogP contribution >= 0.6 is 0 Å². The third-order valence-electron chi connectivity index (χ3n) is 18.9. The van der Waals surface area contributed by atoms with Crippen LogP contribution in [0.5, 0.6) is 0 Å². The van der Waals surface area contributed by atoms with E-state index in [0.717, 1.165) is 57.5 Å². The van der Waals surface area contributed by atoms with E-state index in [0.29, 0.717) is 22.8 Å². The molecule has 2 N–H and O–H groups in total. The number of hydrogen-bond acceptors (Lipinski definition) is 6. The van der Waals surface area contributed by atoms with E-state index in [4.69, 9.17) is 9.72 Å². The summed E-state index contributed by atoms with van der Waals surface area (Å²) in [5, 5.41) is 6.15. The van der Waals surface area contributed by atoms with Crippen molar-refractivity contribution in [1.29, 1.82) is 0 Å². The predicted molar refractivity (Wildman–Crippen MR) is 345 cm³/mol. The van der Waals surface area contributed by atoms with Gasteiger partial charge in [0, 0.05) is 19.7 Å². The van der Waals surface area contributed by atoms with E-state index < -0.39 is 11.6 Å². The fourth-order valence-corrected chi connectivity index (χ4v) is 13.7. The molecule has 3 aliphatic rings. The van der Waals surface area contributed by atoms with E-state index >= 15 is 0 Å². The van der Waals surface area contributed by atoms with Crippen molar-refractivity contribution >= 4 is 23.1 Å². The lowest BCUT2D eigenvalue weighted by atomic mass is 9.85. The topological polar surface area (TPSA) is 79.4 Å². The number of ether oxygens (including phenoxy) is 1. The first kappa shape index (κ1) is 67.5. The van der Waals surface area contributed by atoms with Crippen molar-refractivity contribution in [3.63, 3.8) is 0 Å². The van der Waals surface area contributed by atoms with Gasteiger partial charge in [0.05, 0.1) is 52.2 Å². The summed E-state index contributed by atoms with van der Waals surface area (Å²) in [6, 6.07) is 9.44. The van der Waals surface area contributed by atoms with Gasteiger partial charge in [-0.1, -0.05) is 295 Å². The van der Waals surface area contributed by atoms with E-state index in [1.807, 2.05) is 12.3 Å². The fraction of sp³-hybridized carbons (Fsp3) is 0.767. The van der Waals surface area contributed by atoms with Gasteiger partial charge < -0.3 is 20.3 Å². The second-order valence-electron chi connectivity index (χ2n) is 25.9. The van der Waals surface area contributed by atoms with Gasteiger partial charge in [0.15, 0.2) is 0 Å². The summed E-state index contributed by atoms with van der Waals surface area (Å²) in [7, 11) is 0. The maximum absolute atomic E-state index is 15.0. The van der Waals surface area contributed by atoms with Crippen molar-refractivity contribution in [2.24, 2.45) is 0 Å². The molecule has 462 valence electrons. The number of aromatic nitrogens is 2. The van der Waals surface area contributed by atoms with Crippen LogP contribution in [-0.4, -0.2) is 41.2 Å². The molecule has 0 radical (unpaired) electrons. The molecule has 1 amide bonds. The molecular weight excluding hydrogens is 1020 g/mol. The summed E-state index contributed by atoms with van der Waals surface area (Å²) < 4.78 is 36.8. The molecule has 5 heterocycles. The number of rotatable bonds is 4. The van der Waals surface area contributed by atoms with Gasteiger partial charge in [-0.05, 0) is 68.9 Å². The van der Waals surface area contributed by atoms with Crippen LogP contribution in [0.3, 0.4) is 0 Å². The average Bonchev–Trinajstić information content (AvgIpc) is 4.11. The van der Waals surface area contributed by atoms with Crippen LogP contribution in [-0.2, 0) is 11.3 Å². The molecule has 3 aliphatic heterocycles. The number of amides is 1. The Hall–Kier alpha value is -3.59. The first-order valence-corrected chi connectivity index (χ1v) is 35.4. The quantitative estimate of drug-likeness (QED) is 0.271. The number of halogens is 2. The highest BCUT2D eigenvalue weighted by molar-refractivity contribution is 6.04. The largest absolute Gasteiger partial charge is 0.375 e. The summed E-state index contributed by atoms with van der Waals surface area (Å²) >= 11 is 0. The number of nitrogens with zero attached hydrogens (tertiary/aromatic N) is 3. The van der Waals surface area contributed by atoms with Crippen molar-refractivity contribution in [2.45, 2.75) is 340 Å². The summed E-state index contributed by atoms with van der Waals surface area (Å²) in [4.78, 5) is 24.9. The van der Waals surface area contributed by atoms with E-state index in [1.54, 1.807) is 6.07 Å². The lowest BCUT2D eigenvalue weighted by Crippen LogP contribution is -2.40. The number of carbonyl (C=O) groups excluding carboxylic acids is 1. The minimum absolute atomic E-state index is 0.0647. The second kappa shape index (κ2) is 43.1. The van der Waals surface area contributed by atoms with Crippen LogP contribution in [0.1, 0.15) is 344 Å². The van der Waals surface area contributed by atoms with Gasteiger partial charge >= 0.3 is 0 Å².